The summed E-state index contributed by atoms with van der Waals surface area (Å²) in [4.78, 5) is 14.3. The average Bonchev–Trinajstić information content (AvgIpc) is 2.98. The van der Waals surface area contributed by atoms with Gasteiger partial charge in [0.15, 0.2) is 11.6 Å². The lowest BCUT2D eigenvalue weighted by atomic mass is 10.3. The van der Waals surface area contributed by atoms with Gasteiger partial charge in [0.2, 0.25) is 0 Å². The van der Waals surface area contributed by atoms with Crippen LogP contribution in [0.4, 0.5) is 20.2 Å². The average molecular weight is 446 g/mol. The first kappa shape index (κ1) is 20.1. The lowest BCUT2D eigenvalue weighted by Gasteiger charge is -2.10. The molecule has 146 valence electrons. The second-order valence-electron chi connectivity index (χ2n) is 5.56. The highest BCUT2D eigenvalue weighted by atomic mass is 35.5. The summed E-state index contributed by atoms with van der Waals surface area (Å²) in [6.45, 7) is 0. The van der Waals surface area contributed by atoms with E-state index in [1.165, 1.54) is 30.3 Å². The van der Waals surface area contributed by atoms with E-state index in [1.807, 2.05) is 0 Å². The molecule has 3 rings (SSSR count). The Labute approximate surface area is 168 Å². The van der Waals surface area contributed by atoms with Crippen molar-refractivity contribution in [2.45, 2.75) is 4.90 Å². The predicted molar refractivity (Wildman–Crippen MR) is 102 cm³/mol. The molecule has 1 heterocycles. The van der Waals surface area contributed by atoms with Crippen molar-refractivity contribution >= 4 is 50.5 Å². The maximum absolute atomic E-state index is 13.3. The third-order valence-electron chi connectivity index (χ3n) is 3.57. The number of amides is 1. The summed E-state index contributed by atoms with van der Waals surface area (Å²) < 4.78 is 53.0. The molecule has 28 heavy (non-hydrogen) atoms. The number of carbonyl (C=O) groups is 1. The van der Waals surface area contributed by atoms with Crippen molar-refractivity contribution < 1.29 is 22.0 Å². The molecule has 0 atom stereocenters. The van der Waals surface area contributed by atoms with Crippen LogP contribution in [0.5, 0.6) is 0 Å². The molecule has 0 bridgehead atoms. The van der Waals surface area contributed by atoms with Crippen molar-refractivity contribution in [1.82, 2.24) is 4.98 Å². The maximum atomic E-state index is 13.3. The number of carbonyl (C=O) groups excluding carboxylic acids is 1. The van der Waals surface area contributed by atoms with Crippen LogP contribution in [0.2, 0.25) is 10.2 Å². The van der Waals surface area contributed by atoms with E-state index in [-0.39, 0.29) is 21.6 Å². The first-order valence-electron chi connectivity index (χ1n) is 7.59. The molecule has 0 fully saturated rings. The molecule has 3 N–H and O–H groups in total. The van der Waals surface area contributed by atoms with Gasteiger partial charge in [-0.2, -0.15) is 0 Å². The number of anilines is 2. The van der Waals surface area contributed by atoms with Gasteiger partial charge in [0, 0.05) is 11.4 Å². The fourth-order valence-electron chi connectivity index (χ4n) is 2.20. The SMILES string of the molecule is O=C(Nc1ccc(NS(=O)(=O)c2ccc(F)c(F)c2)cc1)c1cc(Cl)c(Cl)[nH]1. The number of benzene rings is 2. The zero-order valence-corrected chi connectivity index (χ0v) is 16.1. The van der Waals surface area contributed by atoms with Crippen LogP contribution in [0.15, 0.2) is 53.4 Å². The normalized spacial score (nSPS) is 11.3. The minimum atomic E-state index is -4.11. The first-order chi connectivity index (χ1) is 13.2. The van der Waals surface area contributed by atoms with Gasteiger partial charge in [-0.1, -0.05) is 23.2 Å². The number of sulfonamides is 1. The summed E-state index contributed by atoms with van der Waals surface area (Å²) in [6.07, 6.45) is 0. The molecule has 1 amide bonds. The quantitative estimate of drug-likeness (QED) is 0.533. The van der Waals surface area contributed by atoms with E-state index in [2.05, 4.69) is 15.0 Å². The summed E-state index contributed by atoms with van der Waals surface area (Å²) in [5.41, 5.74) is 0.689. The third kappa shape index (κ3) is 4.44. The van der Waals surface area contributed by atoms with Crippen LogP contribution < -0.4 is 10.0 Å². The molecule has 3 aromatic rings. The molecule has 0 radical (unpaired) electrons. The topological polar surface area (TPSA) is 91.1 Å². The summed E-state index contributed by atoms with van der Waals surface area (Å²) in [5, 5.41) is 2.91. The zero-order chi connectivity index (χ0) is 20.5. The van der Waals surface area contributed by atoms with E-state index in [1.54, 1.807) is 0 Å². The summed E-state index contributed by atoms with van der Waals surface area (Å²) in [7, 11) is -4.11. The molecule has 0 unspecified atom stereocenters. The fourth-order valence-corrected chi connectivity index (χ4v) is 3.59. The van der Waals surface area contributed by atoms with Gasteiger partial charge in [0.05, 0.1) is 9.92 Å². The molecular formula is C17H11Cl2F2N3O3S. The van der Waals surface area contributed by atoms with Crippen LogP contribution in [-0.4, -0.2) is 19.3 Å². The zero-order valence-electron chi connectivity index (χ0n) is 13.8. The number of hydrogen-bond donors (Lipinski definition) is 3. The second kappa shape index (κ2) is 7.78. The van der Waals surface area contributed by atoms with Gasteiger partial charge in [0.25, 0.3) is 15.9 Å². The van der Waals surface area contributed by atoms with Gasteiger partial charge in [-0.3, -0.25) is 9.52 Å². The lowest BCUT2D eigenvalue weighted by Crippen LogP contribution is -2.14. The Bertz CT molecular complexity index is 1130. The summed E-state index contributed by atoms with van der Waals surface area (Å²) in [6, 6.07) is 9.30. The van der Waals surface area contributed by atoms with Crippen molar-refractivity contribution in [3.05, 3.63) is 76.0 Å². The van der Waals surface area contributed by atoms with Crippen molar-refractivity contribution in [3.8, 4) is 0 Å². The van der Waals surface area contributed by atoms with E-state index in [0.717, 1.165) is 12.1 Å². The number of aromatic nitrogens is 1. The van der Waals surface area contributed by atoms with E-state index in [4.69, 9.17) is 23.2 Å². The van der Waals surface area contributed by atoms with E-state index in [0.29, 0.717) is 11.8 Å². The Morgan fingerprint density at radius 1 is 0.929 bits per heavy atom. The van der Waals surface area contributed by atoms with Crippen molar-refractivity contribution in [1.29, 1.82) is 0 Å². The highest BCUT2D eigenvalue weighted by molar-refractivity contribution is 7.92. The highest BCUT2D eigenvalue weighted by Crippen LogP contribution is 2.23. The molecule has 0 aliphatic rings. The number of aromatic amines is 1. The second-order valence-corrected chi connectivity index (χ2v) is 8.03. The largest absolute Gasteiger partial charge is 0.340 e. The van der Waals surface area contributed by atoms with Crippen LogP contribution >= 0.6 is 23.2 Å². The van der Waals surface area contributed by atoms with Gasteiger partial charge in [-0.25, -0.2) is 17.2 Å². The van der Waals surface area contributed by atoms with E-state index < -0.39 is 32.5 Å². The first-order valence-corrected chi connectivity index (χ1v) is 9.83. The summed E-state index contributed by atoms with van der Waals surface area (Å²) >= 11 is 11.5. The molecule has 0 aliphatic carbocycles. The minimum absolute atomic E-state index is 0.133. The predicted octanol–water partition coefficient (Wildman–Crippen LogP) is 4.65. The van der Waals surface area contributed by atoms with Gasteiger partial charge >= 0.3 is 0 Å². The minimum Gasteiger partial charge on any atom is -0.340 e. The number of H-pyrrole nitrogens is 1. The number of nitrogens with one attached hydrogen (secondary N) is 3. The van der Waals surface area contributed by atoms with Gasteiger partial charge in [-0.15, -0.1) is 0 Å². The van der Waals surface area contributed by atoms with Crippen molar-refractivity contribution in [2.24, 2.45) is 0 Å². The molecule has 0 saturated carbocycles. The van der Waals surface area contributed by atoms with Crippen LogP contribution in [0.3, 0.4) is 0 Å². The standard InChI is InChI=1S/C17H11Cl2F2N3O3S/c18-12-8-15(23-16(12)19)17(25)22-9-1-3-10(4-2-9)24-28(26,27)11-5-6-13(20)14(21)7-11/h1-8,23-24H,(H,22,25). The molecular weight excluding hydrogens is 435 g/mol. The fraction of sp³-hybridized carbons (Fsp3) is 0. The van der Waals surface area contributed by atoms with Crippen molar-refractivity contribution in [3.63, 3.8) is 0 Å². The molecule has 0 saturated heterocycles. The number of rotatable bonds is 5. The Hall–Kier alpha value is -2.62. The molecule has 0 aliphatic heterocycles. The number of halogens is 4. The Balaban J connectivity index is 1.71. The molecule has 11 heteroatoms. The Morgan fingerprint density at radius 3 is 2.14 bits per heavy atom. The smallest absolute Gasteiger partial charge is 0.272 e. The lowest BCUT2D eigenvalue weighted by molar-refractivity contribution is 0.102. The highest BCUT2D eigenvalue weighted by Gasteiger charge is 2.17. The maximum Gasteiger partial charge on any atom is 0.272 e. The van der Waals surface area contributed by atoms with Crippen LogP contribution in [0.1, 0.15) is 10.5 Å². The van der Waals surface area contributed by atoms with Crippen LogP contribution in [0, 0.1) is 11.6 Å². The van der Waals surface area contributed by atoms with Crippen molar-refractivity contribution in [2.75, 3.05) is 10.0 Å². The number of hydrogen-bond acceptors (Lipinski definition) is 3. The van der Waals surface area contributed by atoms with E-state index in [9.17, 15) is 22.0 Å². The summed E-state index contributed by atoms with van der Waals surface area (Å²) in [5.74, 6) is -2.92. The molecule has 0 spiro atoms. The molecule has 1 aromatic heterocycles. The van der Waals surface area contributed by atoms with Gasteiger partial charge in [0.1, 0.15) is 10.8 Å². The Morgan fingerprint density at radius 2 is 1.57 bits per heavy atom. The van der Waals surface area contributed by atoms with Gasteiger partial charge in [-0.05, 0) is 48.5 Å². The van der Waals surface area contributed by atoms with Crippen LogP contribution in [-0.2, 0) is 10.0 Å². The molecule has 2 aromatic carbocycles. The monoisotopic (exact) mass is 445 g/mol. The van der Waals surface area contributed by atoms with Gasteiger partial charge < -0.3 is 10.3 Å². The third-order valence-corrected chi connectivity index (χ3v) is 5.64. The van der Waals surface area contributed by atoms with E-state index >= 15 is 0 Å². The van der Waals surface area contributed by atoms with Crippen LogP contribution in [0.25, 0.3) is 0 Å². The molecule has 6 nitrogen and oxygen atoms in total. The Kier molecular flexibility index (Phi) is 5.59.